The molecule has 0 N–H and O–H groups in total. The molecule has 0 radical (unpaired) electrons. The fourth-order valence-electron chi connectivity index (χ4n) is 2.68. The lowest BCUT2D eigenvalue weighted by molar-refractivity contribution is -0.130. The fraction of sp³-hybridized carbons (Fsp3) is 0.353. The van der Waals surface area contributed by atoms with Gasteiger partial charge in [0.05, 0.1) is 19.1 Å². The molecule has 23 heavy (non-hydrogen) atoms. The normalized spacial score (nSPS) is 14.0. The maximum Gasteiger partial charge on any atom is 0.254 e. The summed E-state index contributed by atoms with van der Waals surface area (Å²) in [5, 5.41) is 0. The molecule has 6 heteroatoms. The van der Waals surface area contributed by atoms with Crippen LogP contribution in [0.1, 0.15) is 12.8 Å². The predicted molar refractivity (Wildman–Crippen MR) is 86.3 cm³/mol. The summed E-state index contributed by atoms with van der Waals surface area (Å²) in [7, 11) is 1.60. The number of rotatable bonds is 4. The van der Waals surface area contributed by atoms with Crippen LogP contribution in [-0.2, 0) is 11.3 Å². The van der Waals surface area contributed by atoms with Crippen LogP contribution in [-0.4, -0.2) is 40.6 Å². The second kappa shape index (κ2) is 6.64. The van der Waals surface area contributed by atoms with Gasteiger partial charge in [-0.1, -0.05) is 0 Å². The van der Waals surface area contributed by atoms with Crippen molar-refractivity contribution in [2.75, 3.05) is 20.2 Å². The second-order valence-corrected chi connectivity index (χ2v) is 5.56. The Labute approximate surface area is 134 Å². The Bertz CT molecular complexity index is 746. The van der Waals surface area contributed by atoms with Gasteiger partial charge in [0.25, 0.3) is 5.56 Å². The third-order valence-electron chi connectivity index (χ3n) is 4.03. The molecule has 1 amide bonds. The number of carbonyl (C=O) groups excluding carboxylic acids is 1. The summed E-state index contributed by atoms with van der Waals surface area (Å²) in [5.74, 6) is 0.724. The summed E-state index contributed by atoms with van der Waals surface area (Å²) in [6, 6.07) is 8.79. The molecule has 1 aromatic heterocycles. The van der Waals surface area contributed by atoms with Crippen LogP contribution in [0.3, 0.4) is 0 Å². The average molecular weight is 313 g/mol. The zero-order chi connectivity index (χ0) is 16.2. The van der Waals surface area contributed by atoms with Crippen LogP contribution in [0.2, 0.25) is 0 Å². The molecule has 0 bridgehead atoms. The Balaban J connectivity index is 1.77. The van der Waals surface area contributed by atoms with Crippen LogP contribution in [0, 0.1) is 0 Å². The van der Waals surface area contributed by atoms with Gasteiger partial charge in [-0.25, -0.2) is 4.98 Å². The summed E-state index contributed by atoms with van der Waals surface area (Å²) in [6.45, 7) is 1.62. The molecule has 1 aromatic carbocycles. The number of methoxy groups -OCH3 is 1. The number of nitrogens with zero attached hydrogens (tertiary/aromatic N) is 3. The number of ether oxygens (including phenoxy) is 1. The molecule has 2 aromatic rings. The van der Waals surface area contributed by atoms with E-state index in [1.54, 1.807) is 12.0 Å². The van der Waals surface area contributed by atoms with Crippen LogP contribution in [0.25, 0.3) is 11.3 Å². The second-order valence-electron chi connectivity index (χ2n) is 5.56. The minimum absolute atomic E-state index is 0.0244. The topological polar surface area (TPSA) is 64.4 Å². The number of benzene rings is 1. The van der Waals surface area contributed by atoms with E-state index in [1.165, 1.54) is 17.0 Å². The molecule has 0 saturated carbocycles. The van der Waals surface area contributed by atoms with Gasteiger partial charge in [0.15, 0.2) is 0 Å². The first-order valence-electron chi connectivity index (χ1n) is 7.66. The van der Waals surface area contributed by atoms with Crippen molar-refractivity contribution in [3.05, 3.63) is 47.0 Å². The quantitative estimate of drug-likeness (QED) is 0.859. The molecule has 1 saturated heterocycles. The van der Waals surface area contributed by atoms with Gasteiger partial charge < -0.3 is 9.64 Å². The van der Waals surface area contributed by atoms with Crippen molar-refractivity contribution in [2.45, 2.75) is 19.4 Å². The number of carbonyl (C=O) groups is 1. The van der Waals surface area contributed by atoms with Crippen molar-refractivity contribution in [1.29, 1.82) is 0 Å². The van der Waals surface area contributed by atoms with Gasteiger partial charge >= 0.3 is 0 Å². The van der Waals surface area contributed by atoms with Gasteiger partial charge in [0.1, 0.15) is 12.3 Å². The summed E-state index contributed by atoms with van der Waals surface area (Å²) in [5.41, 5.74) is 1.20. The van der Waals surface area contributed by atoms with Crippen LogP contribution >= 0.6 is 0 Å². The molecule has 1 aliphatic heterocycles. The van der Waals surface area contributed by atoms with Gasteiger partial charge in [-0.2, -0.15) is 0 Å². The zero-order valence-corrected chi connectivity index (χ0v) is 13.1. The lowest BCUT2D eigenvalue weighted by Crippen LogP contribution is -2.34. The van der Waals surface area contributed by atoms with Crippen molar-refractivity contribution >= 4 is 5.91 Å². The highest BCUT2D eigenvalue weighted by Crippen LogP contribution is 2.19. The van der Waals surface area contributed by atoms with Gasteiger partial charge in [-0.3, -0.25) is 14.2 Å². The number of aromatic nitrogens is 2. The Kier molecular flexibility index (Phi) is 4.41. The lowest BCUT2D eigenvalue weighted by Gasteiger charge is -2.15. The van der Waals surface area contributed by atoms with Gasteiger partial charge in [0.2, 0.25) is 5.91 Å². The van der Waals surface area contributed by atoms with E-state index in [4.69, 9.17) is 4.74 Å². The summed E-state index contributed by atoms with van der Waals surface area (Å²) >= 11 is 0. The largest absolute Gasteiger partial charge is 0.497 e. The predicted octanol–water partition coefficient (Wildman–Crippen LogP) is 1.54. The smallest absolute Gasteiger partial charge is 0.254 e. The number of hydrogen-bond donors (Lipinski definition) is 0. The fourth-order valence-corrected chi connectivity index (χ4v) is 2.68. The first kappa shape index (κ1) is 15.3. The highest BCUT2D eigenvalue weighted by molar-refractivity contribution is 5.76. The van der Waals surface area contributed by atoms with Crippen molar-refractivity contribution in [3.63, 3.8) is 0 Å². The first-order chi connectivity index (χ1) is 11.2. The number of likely N-dealkylation sites (tertiary alicyclic amines) is 1. The number of amides is 1. The molecule has 0 atom stereocenters. The van der Waals surface area contributed by atoms with Crippen LogP contribution < -0.4 is 10.3 Å². The molecule has 0 spiro atoms. The first-order valence-corrected chi connectivity index (χ1v) is 7.66. The standard InChI is InChI=1S/C17H19N3O3/c1-23-14-6-4-13(5-7-14)15-10-16(21)20(12-18-15)11-17(22)19-8-2-3-9-19/h4-7,10,12H,2-3,8-9,11H2,1H3. The Morgan fingerprint density at radius 3 is 2.52 bits per heavy atom. The van der Waals surface area contributed by atoms with Crippen LogP contribution in [0.5, 0.6) is 5.75 Å². The van der Waals surface area contributed by atoms with Crippen LogP contribution in [0.15, 0.2) is 41.5 Å². The van der Waals surface area contributed by atoms with Crippen LogP contribution in [0.4, 0.5) is 0 Å². The summed E-state index contributed by atoms with van der Waals surface area (Å²) in [6.07, 6.45) is 3.51. The van der Waals surface area contributed by atoms with E-state index in [1.807, 2.05) is 24.3 Å². The Hall–Kier alpha value is -2.63. The number of hydrogen-bond acceptors (Lipinski definition) is 4. The maximum atomic E-state index is 12.2. The molecule has 1 fully saturated rings. The molecular formula is C17H19N3O3. The SMILES string of the molecule is COc1ccc(-c2cc(=O)n(CC(=O)N3CCCC3)cn2)cc1. The molecule has 120 valence electrons. The zero-order valence-electron chi connectivity index (χ0n) is 13.1. The Morgan fingerprint density at radius 1 is 1.22 bits per heavy atom. The maximum absolute atomic E-state index is 12.2. The molecule has 1 aliphatic rings. The Morgan fingerprint density at radius 2 is 1.91 bits per heavy atom. The van der Waals surface area contributed by atoms with Crippen molar-refractivity contribution < 1.29 is 9.53 Å². The van der Waals surface area contributed by atoms with E-state index >= 15 is 0 Å². The summed E-state index contributed by atoms with van der Waals surface area (Å²) < 4.78 is 6.47. The average Bonchev–Trinajstić information content (AvgIpc) is 3.11. The van der Waals surface area contributed by atoms with Gasteiger partial charge in [0, 0.05) is 24.7 Å². The lowest BCUT2D eigenvalue weighted by atomic mass is 10.1. The van der Waals surface area contributed by atoms with E-state index in [-0.39, 0.29) is 18.0 Å². The van der Waals surface area contributed by atoms with Gasteiger partial charge in [-0.05, 0) is 37.1 Å². The third kappa shape index (κ3) is 3.41. The minimum Gasteiger partial charge on any atom is -0.497 e. The highest BCUT2D eigenvalue weighted by atomic mass is 16.5. The van der Waals surface area contributed by atoms with Gasteiger partial charge in [-0.15, -0.1) is 0 Å². The summed E-state index contributed by atoms with van der Waals surface area (Å²) in [4.78, 5) is 30.4. The van der Waals surface area contributed by atoms with E-state index < -0.39 is 0 Å². The molecular weight excluding hydrogens is 294 g/mol. The third-order valence-corrected chi connectivity index (χ3v) is 4.03. The molecule has 6 nitrogen and oxygen atoms in total. The van der Waals surface area contributed by atoms with E-state index in [0.29, 0.717) is 5.69 Å². The molecule has 0 aliphatic carbocycles. The van der Waals surface area contributed by atoms with E-state index in [9.17, 15) is 9.59 Å². The monoisotopic (exact) mass is 313 g/mol. The van der Waals surface area contributed by atoms with Crippen molar-refractivity contribution in [1.82, 2.24) is 14.5 Å². The molecule has 2 heterocycles. The van der Waals surface area contributed by atoms with Crippen molar-refractivity contribution in [2.24, 2.45) is 0 Å². The van der Waals surface area contributed by atoms with E-state index in [0.717, 1.165) is 37.2 Å². The molecule has 0 unspecified atom stereocenters. The van der Waals surface area contributed by atoms with Crippen molar-refractivity contribution in [3.8, 4) is 17.0 Å². The highest BCUT2D eigenvalue weighted by Gasteiger charge is 2.18. The molecule has 3 rings (SSSR count). The minimum atomic E-state index is -0.224. The van der Waals surface area contributed by atoms with E-state index in [2.05, 4.69) is 4.98 Å².